The Morgan fingerprint density at radius 3 is 2.83 bits per heavy atom. The number of nitrogens with zero attached hydrogens (tertiary/aromatic N) is 1. The van der Waals surface area contributed by atoms with Crippen LogP contribution in [0.4, 0.5) is 0 Å². The average molecular weight is 256 g/mol. The van der Waals surface area contributed by atoms with Crippen molar-refractivity contribution in [3.63, 3.8) is 0 Å². The second-order valence-electron chi connectivity index (χ2n) is 4.57. The number of benzene rings is 1. The molecule has 2 heterocycles. The van der Waals surface area contributed by atoms with E-state index in [1.54, 1.807) is 11.3 Å². The summed E-state index contributed by atoms with van der Waals surface area (Å²) in [5.74, 6) is 0. The molecule has 0 saturated carbocycles. The molecule has 0 fully saturated rings. The Bertz CT molecular complexity index is 706. The number of hydrogen-bond donors (Lipinski definition) is 1. The van der Waals surface area contributed by atoms with Crippen molar-refractivity contribution in [2.24, 2.45) is 12.8 Å². The molecule has 3 rings (SSSR count). The van der Waals surface area contributed by atoms with E-state index in [1.807, 2.05) is 0 Å². The van der Waals surface area contributed by atoms with Crippen molar-refractivity contribution >= 4 is 22.2 Å². The summed E-state index contributed by atoms with van der Waals surface area (Å²) < 4.78 is 2.18. The van der Waals surface area contributed by atoms with Crippen LogP contribution in [0.2, 0.25) is 0 Å². The van der Waals surface area contributed by atoms with Gasteiger partial charge in [0, 0.05) is 46.7 Å². The standard InChI is InChI=1S/C15H16N2S/c1-10-15(11(7-16)9-18-10)13-8-17(2)14-6-4-3-5-12(13)14/h3-6,8-9H,7,16H2,1-2H3. The molecule has 1 aromatic carbocycles. The van der Waals surface area contributed by atoms with E-state index in [0.717, 1.165) is 0 Å². The molecule has 2 aromatic heterocycles. The van der Waals surface area contributed by atoms with Crippen molar-refractivity contribution in [2.75, 3.05) is 0 Å². The highest BCUT2D eigenvalue weighted by Gasteiger charge is 2.14. The van der Waals surface area contributed by atoms with Crippen molar-refractivity contribution < 1.29 is 0 Å². The summed E-state index contributed by atoms with van der Waals surface area (Å²) in [6.45, 7) is 2.77. The van der Waals surface area contributed by atoms with Crippen molar-refractivity contribution in [1.29, 1.82) is 0 Å². The molecule has 92 valence electrons. The minimum atomic E-state index is 0.600. The molecule has 0 spiro atoms. The number of aryl methyl sites for hydroxylation is 2. The molecule has 0 aliphatic rings. The number of rotatable bonds is 2. The van der Waals surface area contributed by atoms with Crippen molar-refractivity contribution in [1.82, 2.24) is 4.57 Å². The van der Waals surface area contributed by atoms with Gasteiger partial charge in [-0.25, -0.2) is 0 Å². The van der Waals surface area contributed by atoms with E-state index in [9.17, 15) is 0 Å². The van der Waals surface area contributed by atoms with Gasteiger partial charge in [0.1, 0.15) is 0 Å². The van der Waals surface area contributed by atoms with E-state index < -0.39 is 0 Å². The topological polar surface area (TPSA) is 30.9 Å². The van der Waals surface area contributed by atoms with Gasteiger partial charge in [0.15, 0.2) is 0 Å². The maximum Gasteiger partial charge on any atom is 0.0484 e. The van der Waals surface area contributed by atoms with Crippen molar-refractivity contribution in [3.05, 3.63) is 46.3 Å². The first kappa shape index (κ1) is 11.5. The Balaban J connectivity index is 2.35. The summed E-state index contributed by atoms with van der Waals surface area (Å²) in [5.41, 5.74) is 11.0. The number of fused-ring (bicyclic) bond motifs is 1. The summed E-state index contributed by atoms with van der Waals surface area (Å²) in [6, 6.07) is 8.51. The van der Waals surface area contributed by atoms with E-state index >= 15 is 0 Å². The lowest BCUT2D eigenvalue weighted by Gasteiger charge is -2.02. The highest BCUT2D eigenvalue weighted by Crippen LogP contribution is 2.37. The minimum Gasteiger partial charge on any atom is -0.350 e. The number of aromatic nitrogens is 1. The molecule has 0 radical (unpaired) electrons. The maximum absolute atomic E-state index is 5.85. The van der Waals surface area contributed by atoms with Crippen LogP contribution in [0.15, 0.2) is 35.8 Å². The molecular formula is C15H16N2S. The molecule has 0 aliphatic carbocycles. The summed E-state index contributed by atoms with van der Waals surface area (Å²) in [4.78, 5) is 1.34. The van der Waals surface area contributed by atoms with E-state index in [0.29, 0.717) is 6.54 Å². The predicted octanol–water partition coefficient (Wildman–Crippen LogP) is 3.67. The molecule has 0 amide bonds. The van der Waals surface area contributed by atoms with Crippen molar-refractivity contribution in [3.8, 4) is 11.1 Å². The van der Waals surface area contributed by atoms with Gasteiger partial charge in [0.2, 0.25) is 0 Å². The molecule has 0 bridgehead atoms. The summed E-state index contributed by atoms with van der Waals surface area (Å²) in [6.07, 6.45) is 2.21. The molecule has 3 aromatic rings. The largest absolute Gasteiger partial charge is 0.350 e. The van der Waals surface area contributed by atoms with E-state index in [1.165, 1.54) is 32.5 Å². The zero-order chi connectivity index (χ0) is 12.7. The van der Waals surface area contributed by atoms with Gasteiger partial charge in [-0.2, -0.15) is 0 Å². The van der Waals surface area contributed by atoms with Crippen LogP contribution in [-0.2, 0) is 13.6 Å². The molecular weight excluding hydrogens is 240 g/mol. The summed E-state index contributed by atoms with van der Waals surface area (Å²) in [5, 5.41) is 3.48. The third-order valence-electron chi connectivity index (χ3n) is 3.44. The Kier molecular flexibility index (Phi) is 2.73. The minimum absolute atomic E-state index is 0.600. The smallest absolute Gasteiger partial charge is 0.0484 e. The zero-order valence-electron chi connectivity index (χ0n) is 10.6. The van der Waals surface area contributed by atoms with Gasteiger partial charge in [0.05, 0.1) is 0 Å². The lowest BCUT2D eigenvalue weighted by Crippen LogP contribution is -1.96. The first-order valence-electron chi connectivity index (χ1n) is 6.04. The van der Waals surface area contributed by atoms with Gasteiger partial charge >= 0.3 is 0 Å². The summed E-state index contributed by atoms with van der Waals surface area (Å²) >= 11 is 1.78. The van der Waals surface area contributed by atoms with Crippen LogP contribution < -0.4 is 5.73 Å². The fraction of sp³-hybridized carbons (Fsp3) is 0.200. The molecule has 0 unspecified atom stereocenters. The zero-order valence-corrected chi connectivity index (χ0v) is 11.4. The molecule has 0 saturated heterocycles. The van der Waals surface area contributed by atoms with Gasteiger partial charge in [-0.1, -0.05) is 18.2 Å². The van der Waals surface area contributed by atoms with E-state index in [4.69, 9.17) is 5.73 Å². The van der Waals surface area contributed by atoms with Gasteiger partial charge in [-0.3, -0.25) is 0 Å². The first-order valence-corrected chi connectivity index (χ1v) is 6.92. The van der Waals surface area contributed by atoms with Crippen molar-refractivity contribution in [2.45, 2.75) is 13.5 Å². The third kappa shape index (κ3) is 1.59. The molecule has 2 nitrogen and oxygen atoms in total. The number of para-hydroxylation sites is 1. The Morgan fingerprint density at radius 2 is 2.06 bits per heavy atom. The SMILES string of the molecule is Cc1scc(CN)c1-c1cn(C)c2ccccc12. The van der Waals surface area contributed by atoms with E-state index in [-0.39, 0.29) is 0 Å². The fourth-order valence-electron chi connectivity index (χ4n) is 2.56. The van der Waals surface area contributed by atoms with Crippen LogP contribution in [-0.4, -0.2) is 4.57 Å². The Labute approximate surface area is 111 Å². The number of hydrogen-bond acceptors (Lipinski definition) is 2. The Hall–Kier alpha value is -1.58. The highest BCUT2D eigenvalue weighted by atomic mass is 32.1. The second kappa shape index (κ2) is 4.26. The second-order valence-corrected chi connectivity index (χ2v) is 5.65. The van der Waals surface area contributed by atoms with Gasteiger partial charge in [-0.15, -0.1) is 11.3 Å². The van der Waals surface area contributed by atoms with Crippen LogP contribution in [0.25, 0.3) is 22.0 Å². The number of nitrogens with two attached hydrogens (primary N) is 1. The van der Waals surface area contributed by atoms with Crippen LogP contribution in [0.5, 0.6) is 0 Å². The highest BCUT2D eigenvalue weighted by molar-refractivity contribution is 7.10. The molecule has 18 heavy (non-hydrogen) atoms. The first-order chi connectivity index (χ1) is 8.72. The number of thiophene rings is 1. The van der Waals surface area contributed by atoms with Gasteiger partial charge in [0.25, 0.3) is 0 Å². The fourth-order valence-corrected chi connectivity index (χ4v) is 3.45. The van der Waals surface area contributed by atoms with Crippen LogP contribution >= 0.6 is 11.3 Å². The maximum atomic E-state index is 5.85. The lowest BCUT2D eigenvalue weighted by molar-refractivity contribution is 0.969. The molecule has 0 atom stereocenters. The molecule has 3 heteroatoms. The van der Waals surface area contributed by atoms with Crippen LogP contribution in [0.1, 0.15) is 10.4 Å². The van der Waals surface area contributed by atoms with Crippen LogP contribution in [0, 0.1) is 6.92 Å². The molecule has 2 N–H and O–H groups in total. The average Bonchev–Trinajstić information content (AvgIpc) is 2.91. The van der Waals surface area contributed by atoms with Gasteiger partial charge in [-0.05, 0) is 23.9 Å². The lowest BCUT2D eigenvalue weighted by atomic mass is 10.0. The summed E-state index contributed by atoms with van der Waals surface area (Å²) in [7, 11) is 2.09. The quantitative estimate of drug-likeness (QED) is 0.745. The van der Waals surface area contributed by atoms with Crippen LogP contribution in [0.3, 0.4) is 0 Å². The van der Waals surface area contributed by atoms with Gasteiger partial charge < -0.3 is 10.3 Å². The molecule has 0 aliphatic heterocycles. The predicted molar refractivity (Wildman–Crippen MR) is 78.9 cm³/mol. The Morgan fingerprint density at radius 1 is 1.28 bits per heavy atom. The normalized spacial score (nSPS) is 11.3. The van der Waals surface area contributed by atoms with E-state index in [2.05, 4.69) is 54.4 Å². The third-order valence-corrected chi connectivity index (χ3v) is 4.40. The monoisotopic (exact) mass is 256 g/mol.